The first-order valence-corrected chi connectivity index (χ1v) is 8.44. The molecule has 0 aliphatic carbocycles. The number of nitrogens with zero attached hydrogens (tertiary/aromatic N) is 2. The molecule has 2 heterocycles. The van der Waals surface area contributed by atoms with Crippen LogP contribution < -0.4 is 5.32 Å². The minimum Gasteiger partial charge on any atom is -0.385 e. The molecule has 1 saturated heterocycles. The highest BCUT2D eigenvalue weighted by Crippen LogP contribution is 2.26. The number of hydrogen-bond acceptors (Lipinski definition) is 3. The highest BCUT2D eigenvalue weighted by Gasteiger charge is 2.19. The second kappa shape index (κ2) is 6.80. The summed E-state index contributed by atoms with van der Waals surface area (Å²) in [5, 5.41) is 3.54. The van der Waals surface area contributed by atoms with Gasteiger partial charge in [0.1, 0.15) is 0 Å². The Morgan fingerprint density at radius 1 is 1.29 bits per heavy atom. The Morgan fingerprint density at radius 2 is 2.10 bits per heavy atom. The van der Waals surface area contributed by atoms with Crippen molar-refractivity contribution >= 4 is 5.69 Å². The van der Waals surface area contributed by atoms with Gasteiger partial charge in [-0.05, 0) is 76.0 Å². The van der Waals surface area contributed by atoms with Gasteiger partial charge in [0.15, 0.2) is 0 Å². The number of likely N-dealkylation sites (tertiary alicyclic amines) is 1. The van der Waals surface area contributed by atoms with Gasteiger partial charge in [0.05, 0.1) is 0 Å². The van der Waals surface area contributed by atoms with Gasteiger partial charge in [0.25, 0.3) is 0 Å². The number of fused-ring (bicyclic) bond motifs is 1. The van der Waals surface area contributed by atoms with Gasteiger partial charge >= 0.3 is 0 Å². The third kappa shape index (κ3) is 3.78. The molecule has 0 bridgehead atoms. The molecule has 0 unspecified atom stereocenters. The van der Waals surface area contributed by atoms with Crippen LogP contribution in [0.3, 0.4) is 0 Å². The molecule has 116 valence electrons. The summed E-state index contributed by atoms with van der Waals surface area (Å²) in [7, 11) is 4.52. The van der Waals surface area contributed by atoms with Crippen molar-refractivity contribution in [2.24, 2.45) is 5.92 Å². The molecule has 3 heteroatoms. The zero-order chi connectivity index (χ0) is 14.7. The van der Waals surface area contributed by atoms with E-state index in [1.807, 2.05) is 0 Å². The lowest BCUT2D eigenvalue weighted by Gasteiger charge is -2.32. The predicted molar refractivity (Wildman–Crippen MR) is 89.8 cm³/mol. The summed E-state index contributed by atoms with van der Waals surface area (Å²) in [6.07, 6.45) is 5.22. The molecule has 21 heavy (non-hydrogen) atoms. The number of anilines is 1. The van der Waals surface area contributed by atoms with Crippen LogP contribution in [-0.4, -0.2) is 50.1 Å². The van der Waals surface area contributed by atoms with E-state index in [0.29, 0.717) is 0 Å². The average Bonchev–Trinajstić information content (AvgIpc) is 2.50. The van der Waals surface area contributed by atoms with Crippen LogP contribution in [0, 0.1) is 5.92 Å². The average molecular weight is 287 g/mol. The zero-order valence-corrected chi connectivity index (χ0v) is 13.6. The molecule has 1 aromatic rings. The lowest BCUT2D eigenvalue weighted by atomic mass is 9.95. The lowest BCUT2D eigenvalue weighted by Crippen LogP contribution is -2.35. The minimum absolute atomic E-state index is 0.879. The van der Waals surface area contributed by atoms with Crippen molar-refractivity contribution in [2.75, 3.05) is 45.6 Å². The van der Waals surface area contributed by atoms with E-state index >= 15 is 0 Å². The standard InChI is InChI=1S/C18H29N3/c1-20-11-8-15(9-12-20)13-21(2)14-16-5-3-7-18-17(16)6-4-10-19-18/h3,5,7,15,19H,4,6,8-14H2,1-2H3. The SMILES string of the molecule is CN1CCC(CN(C)Cc2cccc3c2CCCN3)CC1. The highest BCUT2D eigenvalue weighted by atomic mass is 15.1. The number of benzene rings is 1. The molecule has 1 N–H and O–H groups in total. The van der Waals surface area contributed by atoms with Gasteiger partial charge in [-0.25, -0.2) is 0 Å². The van der Waals surface area contributed by atoms with Crippen LogP contribution >= 0.6 is 0 Å². The van der Waals surface area contributed by atoms with Crippen molar-refractivity contribution in [2.45, 2.75) is 32.2 Å². The van der Waals surface area contributed by atoms with Crippen LogP contribution in [0.1, 0.15) is 30.4 Å². The fraction of sp³-hybridized carbons (Fsp3) is 0.667. The van der Waals surface area contributed by atoms with Crippen molar-refractivity contribution in [1.29, 1.82) is 0 Å². The summed E-state index contributed by atoms with van der Waals surface area (Å²) in [6.45, 7) is 6.00. The van der Waals surface area contributed by atoms with E-state index in [0.717, 1.165) is 19.0 Å². The third-order valence-corrected chi connectivity index (χ3v) is 5.04. The highest BCUT2D eigenvalue weighted by molar-refractivity contribution is 5.56. The Bertz CT molecular complexity index is 464. The van der Waals surface area contributed by atoms with E-state index in [4.69, 9.17) is 0 Å². The fourth-order valence-corrected chi connectivity index (χ4v) is 3.77. The van der Waals surface area contributed by atoms with Crippen LogP contribution in [0.4, 0.5) is 5.69 Å². The fourth-order valence-electron chi connectivity index (χ4n) is 3.77. The Morgan fingerprint density at radius 3 is 2.90 bits per heavy atom. The molecule has 3 rings (SSSR count). The van der Waals surface area contributed by atoms with Gasteiger partial charge in [-0.3, -0.25) is 0 Å². The Balaban J connectivity index is 1.58. The maximum atomic E-state index is 3.54. The zero-order valence-electron chi connectivity index (χ0n) is 13.6. The Kier molecular flexibility index (Phi) is 4.81. The first kappa shape index (κ1) is 14.9. The molecule has 0 radical (unpaired) electrons. The van der Waals surface area contributed by atoms with Gasteiger partial charge < -0.3 is 15.1 Å². The van der Waals surface area contributed by atoms with Crippen molar-refractivity contribution in [3.8, 4) is 0 Å². The Hall–Kier alpha value is -1.06. The van der Waals surface area contributed by atoms with E-state index < -0.39 is 0 Å². The number of rotatable bonds is 4. The molecule has 3 nitrogen and oxygen atoms in total. The Labute approximate surface area is 129 Å². The van der Waals surface area contributed by atoms with Crippen molar-refractivity contribution in [1.82, 2.24) is 9.80 Å². The van der Waals surface area contributed by atoms with Gasteiger partial charge in [-0.15, -0.1) is 0 Å². The summed E-state index contributed by atoms with van der Waals surface area (Å²) < 4.78 is 0. The topological polar surface area (TPSA) is 18.5 Å². The molecule has 0 amide bonds. The van der Waals surface area contributed by atoms with E-state index in [1.54, 1.807) is 5.56 Å². The summed E-state index contributed by atoms with van der Waals surface area (Å²) in [6, 6.07) is 6.75. The van der Waals surface area contributed by atoms with E-state index in [9.17, 15) is 0 Å². The summed E-state index contributed by atoms with van der Waals surface area (Å²) in [5.41, 5.74) is 4.44. The van der Waals surface area contributed by atoms with Gasteiger partial charge in [0.2, 0.25) is 0 Å². The van der Waals surface area contributed by atoms with E-state index in [-0.39, 0.29) is 0 Å². The smallest absolute Gasteiger partial charge is 0.0375 e. The van der Waals surface area contributed by atoms with Gasteiger partial charge in [-0.1, -0.05) is 12.1 Å². The quantitative estimate of drug-likeness (QED) is 0.918. The molecule has 0 saturated carbocycles. The molecule has 1 fully saturated rings. The monoisotopic (exact) mass is 287 g/mol. The van der Waals surface area contributed by atoms with E-state index in [2.05, 4.69) is 47.4 Å². The van der Waals surface area contributed by atoms with E-state index in [1.165, 1.54) is 56.6 Å². The van der Waals surface area contributed by atoms with Gasteiger partial charge in [-0.2, -0.15) is 0 Å². The summed E-state index contributed by atoms with van der Waals surface area (Å²) >= 11 is 0. The van der Waals surface area contributed by atoms with Crippen molar-refractivity contribution in [3.63, 3.8) is 0 Å². The van der Waals surface area contributed by atoms with Crippen LogP contribution in [0.15, 0.2) is 18.2 Å². The van der Waals surface area contributed by atoms with Crippen LogP contribution in [0.25, 0.3) is 0 Å². The molecule has 2 aliphatic heterocycles. The molecule has 0 atom stereocenters. The molecular formula is C18H29N3. The maximum Gasteiger partial charge on any atom is 0.0375 e. The third-order valence-electron chi connectivity index (χ3n) is 5.04. The van der Waals surface area contributed by atoms with Crippen LogP contribution in [0.5, 0.6) is 0 Å². The minimum atomic E-state index is 0.879. The molecule has 0 aromatic heterocycles. The van der Waals surface area contributed by atoms with Crippen molar-refractivity contribution < 1.29 is 0 Å². The summed E-state index contributed by atoms with van der Waals surface area (Å²) in [5.74, 6) is 0.879. The first-order chi connectivity index (χ1) is 10.2. The largest absolute Gasteiger partial charge is 0.385 e. The number of hydrogen-bond donors (Lipinski definition) is 1. The second-order valence-corrected chi connectivity index (χ2v) is 6.92. The predicted octanol–water partition coefficient (Wildman–Crippen LogP) is 2.82. The van der Waals surface area contributed by atoms with Crippen LogP contribution in [0.2, 0.25) is 0 Å². The molecule has 2 aliphatic rings. The van der Waals surface area contributed by atoms with Crippen molar-refractivity contribution in [3.05, 3.63) is 29.3 Å². The second-order valence-electron chi connectivity index (χ2n) is 6.92. The van der Waals surface area contributed by atoms with Gasteiger partial charge in [0, 0.05) is 25.3 Å². The number of piperidine rings is 1. The normalized spacial score (nSPS) is 20.3. The molecule has 0 spiro atoms. The maximum absolute atomic E-state index is 3.54. The summed E-state index contributed by atoms with van der Waals surface area (Å²) in [4.78, 5) is 4.98. The number of nitrogens with one attached hydrogen (secondary N) is 1. The van der Waals surface area contributed by atoms with Crippen LogP contribution in [-0.2, 0) is 13.0 Å². The molecular weight excluding hydrogens is 258 g/mol. The molecule has 1 aromatic carbocycles. The first-order valence-electron chi connectivity index (χ1n) is 8.44. The lowest BCUT2D eigenvalue weighted by molar-refractivity contribution is 0.173.